The van der Waals surface area contributed by atoms with Crippen molar-refractivity contribution >= 4 is 5.91 Å². The average molecular weight is 271 g/mol. The van der Waals surface area contributed by atoms with Gasteiger partial charge in [-0.2, -0.15) is 0 Å². The summed E-state index contributed by atoms with van der Waals surface area (Å²) in [4.78, 5) is 16.6. The largest absolute Gasteiger partial charge is 0.383 e. The van der Waals surface area contributed by atoms with E-state index in [2.05, 4.69) is 24.1 Å². The van der Waals surface area contributed by atoms with Gasteiger partial charge in [0, 0.05) is 39.3 Å². The molecule has 1 heterocycles. The van der Waals surface area contributed by atoms with Crippen LogP contribution in [0.1, 0.15) is 26.7 Å². The molecule has 112 valence electrons. The van der Waals surface area contributed by atoms with Crippen molar-refractivity contribution < 1.29 is 9.53 Å². The highest BCUT2D eigenvalue weighted by Crippen LogP contribution is 2.05. The molecule has 1 aliphatic rings. The first-order valence-corrected chi connectivity index (χ1v) is 7.40. The zero-order chi connectivity index (χ0) is 14.1. The van der Waals surface area contributed by atoms with Crippen LogP contribution < -0.4 is 5.32 Å². The Hall–Kier alpha value is -0.650. The van der Waals surface area contributed by atoms with Crippen LogP contribution >= 0.6 is 0 Å². The summed E-state index contributed by atoms with van der Waals surface area (Å²) in [7, 11) is 1.71. The van der Waals surface area contributed by atoms with E-state index < -0.39 is 0 Å². The maximum absolute atomic E-state index is 12.4. The van der Waals surface area contributed by atoms with E-state index in [1.54, 1.807) is 7.11 Å². The monoisotopic (exact) mass is 271 g/mol. The van der Waals surface area contributed by atoms with Crippen molar-refractivity contribution in [2.75, 3.05) is 53.0 Å². The van der Waals surface area contributed by atoms with Crippen LogP contribution in [0.3, 0.4) is 0 Å². The number of rotatable bonds is 7. The molecular formula is C14H29N3O2. The molecule has 1 fully saturated rings. The molecule has 1 aliphatic heterocycles. The minimum Gasteiger partial charge on any atom is -0.383 e. The SMILES string of the molecule is CCC(C)N(CCOC)CC(=O)N1CCCNCC1. The van der Waals surface area contributed by atoms with Crippen molar-refractivity contribution in [1.29, 1.82) is 0 Å². The van der Waals surface area contributed by atoms with Crippen molar-refractivity contribution in [3.63, 3.8) is 0 Å². The highest BCUT2D eigenvalue weighted by Gasteiger charge is 2.20. The molecule has 1 atom stereocenters. The molecule has 19 heavy (non-hydrogen) atoms. The summed E-state index contributed by atoms with van der Waals surface area (Å²) in [5, 5.41) is 3.33. The second-order valence-corrected chi connectivity index (χ2v) is 5.20. The Morgan fingerprint density at radius 1 is 1.42 bits per heavy atom. The third kappa shape index (κ3) is 5.89. The van der Waals surface area contributed by atoms with Crippen LogP contribution in [-0.2, 0) is 9.53 Å². The number of nitrogens with zero attached hydrogens (tertiary/aromatic N) is 2. The predicted molar refractivity (Wildman–Crippen MR) is 77.3 cm³/mol. The van der Waals surface area contributed by atoms with E-state index in [0.717, 1.165) is 45.6 Å². The van der Waals surface area contributed by atoms with E-state index in [4.69, 9.17) is 4.74 Å². The molecule has 0 aliphatic carbocycles. The quantitative estimate of drug-likeness (QED) is 0.735. The van der Waals surface area contributed by atoms with E-state index in [0.29, 0.717) is 19.2 Å². The summed E-state index contributed by atoms with van der Waals surface area (Å²) in [6.45, 7) is 9.98. The Kier molecular flexibility index (Phi) is 8.02. The number of ether oxygens (including phenoxy) is 1. The van der Waals surface area contributed by atoms with Gasteiger partial charge >= 0.3 is 0 Å². The van der Waals surface area contributed by atoms with Gasteiger partial charge in [-0.25, -0.2) is 0 Å². The smallest absolute Gasteiger partial charge is 0.236 e. The first-order chi connectivity index (χ1) is 9.19. The second kappa shape index (κ2) is 9.28. The Morgan fingerprint density at radius 3 is 2.89 bits per heavy atom. The fourth-order valence-corrected chi connectivity index (χ4v) is 2.29. The highest BCUT2D eigenvalue weighted by atomic mass is 16.5. The number of carbonyl (C=O) groups is 1. The second-order valence-electron chi connectivity index (χ2n) is 5.20. The Labute approximate surface area is 117 Å². The lowest BCUT2D eigenvalue weighted by molar-refractivity contribution is -0.133. The van der Waals surface area contributed by atoms with E-state index in [1.807, 2.05) is 4.90 Å². The van der Waals surface area contributed by atoms with Gasteiger partial charge in [0.15, 0.2) is 0 Å². The van der Waals surface area contributed by atoms with Gasteiger partial charge in [-0.1, -0.05) is 6.92 Å². The summed E-state index contributed by atoms with van der Waals surface area (Å²) >= 11 is 0. The lowest BCUT2D eigenvalue weighted by atomic mass is 10.2. The van der Waals surface area contributed by atoms with Crippen molar-refractivity contribution in [2.24, 2.45) is 0 Å². The molecule has 0 bridgehead atoms. The molecule has 0 aromatic rings. The number of nitrogens with one attached hydrogen (secondary N) is 1. The molecule has 1 rings (SSSR count). The molecular weight excluding hydrogens is 242 g/mol. The topological polar surface area (TPSA) is 44.8 Å². The molecule has 5 nitrogen and oxygen atoms in total. The van der Waals surface area contributed by atoms with Crippen molar-refractivity contribution in [3.05, 3.63) is 0 Å². The minimum atomic E-state index is 0.250. The first kappa shape index (κ1) is 16.4. The third-order valence-corrected chi connectivity index (χ3v) is 3.83. The van der Waals surface area contributed by atoms with Crippen LogP contribution in [0.4, 0.5) is 0 Å². The van der Waals surface area contributed by atoms with Gasteiger partial charge in [-0.3, -0.25) is 9.69 Å². The molecule has 1 unspecified atom stereocenters. The summed E-state index contributed by atoms with van der Waals surface area (Å²) in [5.74, 6) is 0.250. The van der Waals surface area contributed by atoms with Gasteiger partial charge in [-0.15, -0.1) is 0 Å². The number of hydrogen-bond acceptors (Lipinski definition) is 4. The summed E-state index contributed by atoms with van der Waals surface area (Å²) in [6.07, 6.45) is 2.10. The van der Waals surface area contributed by atoms with Crippen molar-refractivity contribution in [3.8, 4) is 0 Å². The third-order valence-electron chi connectivity index (χ3n) is 3.83. The summed E-state index contributed by atoms with van der Waals surface area (Å²) in [6, 6.07) is 0.421. The van der Waals surface area contributed by atoms with Gasteiger partial charge in [-0.05, 0) is 26.3 Å². The standard InChI is InChI=1S/C14H29N3O2/c1-4-13(2)17(10-11-19-3)12-14(18)16-8-5-6-15-7-9-16/h13,15H,4-12H2,1-3H3. The molecule has 1 N–H and O–H groups in total. The molecule has 0 saturated carbocycles. The molecule has 0 spiro atoms. The average Bonchev–Trinajstić information content (AvgIpc) is 2.71. The van der Waals surface area contributed by atoms with Gasteiger partial charge in [0.05, 0.1) is 13.2 Å². The minimum absolute atomic E-state index is 0.250. The fourth-order valence-electron chi connectivity index (χ4n) is 2.29. The Morgan fingerprint density at radius 2 is 2.21 bits per heavy atom. The van der Waals surface area contributed by atoms with E-state index in [-0.39, 0.29) is 5.91 Å². The summed E-state index contributed by atoms with van der Waals surface area (Å²) < 4.78 is 5.14. The number of methoxy groups -OCH3 is 1. The predicted octanol–water partition coefficient (Wildman–Crippen LogP) is 0.555. The highest BCUT2D eigenvalue weighted by molar-refractivity contribution is 5.78. The molecule has 0 radical (unpaired) electrons. The number of carbonyl (C=O) groups excluding carboxylic acids is 1. The maximum atomic E-state index is 12.4. The lowest BCUT2D eigenvalue weighted by Gasteiger charge is -2.30. The van der Waals surface area contributed by atoms with Crippen LogP contribution in [0.15, 0.2) is 0 Å². The van der Waals surface area contributed by atoms with Gasteiger partial charge < -0.3 is 15.0 Å². The lowest BCUT2D eigenvalue weighted by Crippen LogP contribution is -2.45. The Balaban J connectivity index is 2.48. The van der Waals surface area contributed by atoms with E-state index in [9.17, 15) is 4.79 Å². The number of hydrogen-bond donors (Lipinski definition) is 1. The van der Waals surface area contributed by atoms with Gasteiger partial charge in [0.1, 0.15) is 0 Å². The first-order valence-electron chi connectivity index (χ1n) is 7.40. The molecule has 5 heteroatoms. The molecule has 1 amide bonds. The fraction of sp³-hybridized carbons (Fsp3) is 0.929. The zero-order valence-corrected chi connectivity index (χ0v) is 12.7. The molecule has 0 aromatic heterocycles. The van der Waals surface area contributed by atoms with Crippen LogP contribution in [-0.4, -0.2) is 74.7 Å². The van der Waals surface area contributed by atoms with Crippen LogP contribution in [0.2, 0.25) is 0 Å². The van der Waals surface area contributed by atoms with Crippen molar-refractivity contribution in [1.82, 2.24) is 15.1 Å². The van der Waals surface area contributed by atoms with Crippen LogP contribution in [0.5, 0.6) is 0 Å². The Bertz CT molecular complexity index is 253. The van der Waals surface area contributed by atoms with Crippen molar-refractivity contribution in [2.45, 2.75) is 32.7 Å². The summed E-state index contributed by atoms with van der Waals surface area (Å²) in [5.41, 5.74) is 0. The van der Waals surface area contributed by atoms with Crippen LogP contribution in [0, 0.1) is 0 Å². The molecule has 0 aromatic carbocycles. The normalized spacial score (nSPS) is 18.4. The van der Waals surface area contributed by atoms with E-state index in [1.165, 1.54) is 0 Å². The van der Waals surface area contributed by atoms with E-state index >= 15 is 0 Å². The maximum Gasteiger partial charge on any atom is 0.236 e. The van der Waals surface area contributed by atoms with Gasteiger partial charge in [0.25, 0.3) is 0 Å². The van der Waals surface area contributed by atoms with Gasteiger partial charge in [0.2, 0.25) is 5.91 Å². The zero-order valence-electron chi connectivity index (χ0n) is 12.7. The molecule has 1 saturated heterocycles. The number of amides is 1. The van der Waals surface area contributed by atoms with Crippen LogP contribution in [0.25, 0.3) is 0 Å².